The van der Waals surface area contributed by atoms with Gasteiger partial charge in [-0.2, -0.15) is 11.8 Å². The zero-order chi connectivity index (χ0) is 15.2. The number of halogens is 1. The van der Waals surface area contributed by atoms with E-state index in [-0.39, 0.29) is 10.6 Å². The quantitative estimate of drug-likeness (QED) is 0.791. The van der Waals surface area contributed by atoms with Gasteiger partial charge in [-0.15, -0.1) is 0 Å². The summed E-state index contributed by atoms with van der Waals surface area (Å²) >= 11 is 1.97. The van der Waals surface area contributed by atoms with Crippen LogP contribution in [0, 0.1) is 12.7 Å². The standard InChI is InChI=1S/C17H28FNS/c1-6-9-19-16(12-20-17(3,4)5)11-14-10-15(18)8-7-13(14)2/h7-8,10,16,19H,6,9,11-12H2,1-5H3. The molecule has 1 nitrogen and oxygen atoms in total. The SMILES string of the molecule is CCCNC(CSC(C)(C)C)Cc1cc(F)ccc1C. The van der Waals surface area contributed by atoms with Crippen molar-refractivity contribution in [2.24, 2.45) is 0 Å². The summed E-state index contributed by atoms with van der Waals surface area (Å²) in [6.45, 7) is 12.0. The Bertz CT molecular complexity index is 412. The van der Waals surface area contributed by atoms with E-state index in [4.69, 9.17) is 0 Å². The Morgan fingerprint density at radius 2 is 2.00 bits per heavy atom. The third-order valence-electron chi connectivity index (χ3n) is 3.18. The Labute approximate surface area is 127 Å². The van der Waals surface area contributed by atoms with E-state index in [1.165, 1.54) is 11.6 Å². The summed E-state index contributed by atoms with van der Waals surface area (Å²) < 4.78 is 13.7. The zero-order valence-corrected chi connectivity index (χ0v) is 14.2. The van der Waals surface area contributed by atoms with Gasteiger partial charge in [0.25, 0.3) is 0 Å². The van der Waals surface area contributed by atoms with Gasteiger partial charge in [0.2, 0.25) is 0 Å². The number of aryl methyl sites for hydroxylation is 1. The molecule has 0 saturated heterocycles. The molecule has 0 radical (unpaired) electrons. The Morgan fingerprint density at radius 1 is 1.30 bits per heavy atom. The summed E-state index contributed by atoms with van der Waals surface area (Å²) in [7, 11) is 0. The van der Waals surface area contributed by atoms with E-state index in [1.807, 2.05) is 17.8 Å². The van der Waals surface area contributed by atoms with Gasteiger partial charge >= 0.3 is 0 Å². The van der Waals surface area contributed by atoms with E-state index in [9.17, 15) is 4.39 Å². The van der Waals surface area contributed by atoms with Crippen molar-refractivity contribution in [1.29, 1.82) is 0 Å². The fourth-order valence-corrected chi connectivity index (χ4v) is 2.95. The van der Waals surface area contributed by atoms with Crippen LogP contribution < -0.4 is 5.32 Å². The average molecular weight is 297 g/mol. The minimum Gasteiger partial charge on any atom is -0.313 e. The Kier molecular flexibility index (Phi) is 7.04. The van der Waals surface area contributed by atoms with Gasteiger partial charge < -0.3 is 5.32 Å². The van der Waals surface area contributed by atoms with Crippen LogP contribution in [0.3, 0.4) is 0 Å². The second kappa shape index (κ2) is 8.04. The molecule has 114 valence electrons. The fourth-order valence-electron chi connectivity index (χ4n) is 2.01. The molecule has 1 aromatic carbocycles. The van der Waals surface area contributed by atoms with Gasteiger partial charge in [-0.25, -0.2) is 4.39 Å². The highest BCUT2D eigenvalue weighted by atomic mass is 32.2. The summed E-state index contributed by atoms with van der Waals surface area (Å²) in [4.78, 5) is 0. The van der Waals surface area contributed by atoms with E-state index in [0.29, 0.717) is 6.04 Å². The molecule has 0 heterocycles. The number of rotatable bonds is 7. The van der Waals surface area contributed by atoms with E-state index >= 15 is 0 Å². The number of benzene rings is 1. The summed E-state index contributed by atoms with van der Waals surface area (Å²) in [6.07, 6.45) is 2.02. The third-order valence-corrected chi connectivity index (χ3v) is 4.61. The van der Waals surface area contributed by atoms with Gasteiger partial charge in [0, 0.05) is 16.5 Å². The van der Waals surface area contributed by atoms with Crippen molar-refractivity contribution >= 4 is 11.8 Å². The predicted molar refractivity (Wildman–Crippen MR) is 89.1 cm³/mol. The largest absolute Gasteiger partial charge is 0.313 e. The fraction of sp³-hybridized carbons (Fsp3) is 0.647. The Balaban J connectivity index is 2.70. The molecule has 0 aliphatic carbocycles. The Morgan fingerprint density at radius 3 is 2.60 bits per heavy atom. The van der Waals surface area contributed by atoms with Crippen molar-refractivity contribution < 1.29 is 4.39 Å². The maximum absolute atomic E-state index is 13.4. The van der Waals surface area contributed by atoms with Gasteiger partial charge in [-0.05, 0) is 49.6 Å². The van der Waals surface area contributed by atoms with Gasteiger partial charge in [0.05, 0.1) is 0 Å². The number of nitrogens with one attached hydrogen (secondary N) is 1. The van der Waals surface area contributed by atoms with Crippen LogP contribution in [0.15, 0.2) is 18.2 Å². The molecular formula is C17H28FNS. The summed E-state index contributed by atoms with van der Waals surface area (Å²) in [5, 5.41) is 3.59. The molecule has 0 amide bonds. The second-order valence-corrected chi connectivity index (χ2v) is 8.20. The van der Waals surface area contributed by atoms with E-state index in [1.54, 1.807) is 6.07 Å². The van der Waals surface area contributed by atoms with Crippen LogP contribution in [-0.2, 0) is 6.42 Å². The van der Waals surface area contributed by atoms with Crippen LogP contribution in [0.5, 0.6) is 0 Å². The lowest BCUT2D eigenvalue weighted by atomic mass is 10.0. The molecule has 1 N–H and O–H groups in total. The molecule has 1 aromatic rings. The second-order valence-electron chi connectivity index (χ2n) is 6.35. The number of hydrogen-bond acceptors (Lipinski definition) is 2. The van der Waals surface area contributed by atoms with E-state index < -0.39 is 0 Å². The maximum Gasteiger partial charge on any atom is 0.123 e. The highest BCUT2D eigenvalue weighted by molar-refractivity contribution is 8.00. The molecule has 1 atom stereocenters. The first-order valence-electron chi connectivity index (χ1n) is 7.44. The minimum absolute atomic E-state index is 0.136. The topological polar surface area (TPSA) is 12.0 Å². The van der Waals surface area contributed by atoms with Gasteiger partial charge in [-0.3, -0.25) is 0 Å². The van der Waals surface area contributed by atoms with Gasteiger partial charge in [-0.1, -0.05) is 33.8 Å². The van der Waals surface area contributed by atoms with Crippen molar-refractivity contribution in [3.8, 4) is 0 Å². The molecule has 0 aliphatic heterocycles. The molecule has 20 heavy (non-hydrogen) atoms. The van der Waals surface area contributed by atoms with Crippen LogP contribution in [0.1, 0.15) is 45.2 Å². The first-order chi connectivity index (χ1) is 9.31. The molecule has 1 rings (SSSR count). The maximum atomic E-state index is 13.4. The molecule has 0 bridgehead atoms. The average Bonchev–Trinajstić information content (AvgIpc) is 2.36. The van der Waals surface area contributed by atoms with Crippen molar-refractivity contribution in [2.45, 2.75) is 58.2 Å². The molecule has 1 unspecified atom stereocenters. The first kappa shape index (κ1) is 17.5. The van der Waals surface area contributed by atoms with Crippen molar-refractivity contribution in [2.75, 3.05) is 12.3 Å². The monoisotopic (exact) mass is 297 g/mol. The lowest BCUT2D eigenvalue weighted by molar-refractivity contribution is 0.544. The molecule has 3 heteroatoms. The van der Waals surface area contributed by atoms with Gasteiger partial charge in [0.1, 0.15) is 5.82 Å². The molecular weight excluding hydrogens is 269 g/mol. The molecule has 0 fully saturated rings. The summed E-state index contributed by atoms with van der Waals surface area (Å²) in [5.41, 5.74) is 2.29. The first-order valence-corrected chi connectivity index (χ1v) is 8.42. The lowest BCUT2D eigenvalue weighted by Crippen LogP contribution is -2.35. The normalized spacial score (nSPS) is 13.5. The minimum atomic E-state index is -0.136. The molecule has 0 spiro atoms. The van der Waals surface area contributed by atoms with Crippen LogP contribution >= 0.6 is 11.8 Å². The molecule has 0 saturated carbocycles. The van der Waals surface area contributed by atoms with Crippen LogP contribution in [0.2, 0.25) is 0 Å². The summed E-state index contributed by atoms with van der Waals surface area (Å²) in [5.74, 6) is 0.919. The smallest absolute Gasteiger partial charge is 0.123 e. The molecule has 0 aliphatic rings. The zero-order valence-electron chi connectivity index (χ0n) is 13.4. The Hall–Kier alpha value is -0.540. The lowest BCUT2D eigenvalue weighted by Gasteiger charge is -2.24. The van der Waals surface area contributed by atoms with Crippen LogP contribution in [-0.4, -0.2) is 23.1 Å². The predicted octanol–water partition coefficient (Wildman–Crippen LogP) is 4.58. The van der Waals surface area contributed by atoms with Crippen molar-refractivity contribution in [3.05, 3.63) is 35.1 Å². The van der Waals surface area contributed by atoms with Crippen LogP contribution in [0.4, 0.5) is 4.39 Å². The highest BCUT2D eigenvalue weighted by Crippen LogP contribution is 2.25. The summed E-state index contributed by atoms with van der Waals surface area (Å²) in [6, 6.07) is 5.49. The number of hydrogen-bond donors (Lipinski definition) is 1. The third kappa shape index (κ3) is 6.76. The van der Waals surface area contributed by atoms with Crippen LogP contribution in [0.25, 0.3) is 0 Å². The van der Waals surface area contributed by atoms with Gasteiger partial charge in [0.15, 0.2) is 0 Å². The van der Waals surface area contributed by atoms with Crippen molar-refractivity contribution in [3.63, 3.8) is 0 Å². The highest BCUT2D eigenvalue weighted by Gasteiger charge is 2.16. The number of thioether (sulfide) groups is 1. The van der Waals surface area contributed by atoms with Crippen molar-refractivity contribution in [1.82, 2.24) is 5.32 Å². The van der Waals surface area contributed by atoms with E-state index in [0.717, 1.165) is 30.7 Å². The van der Waals surface area contributed by atoms with E-state index in [2.05, 4.69) is 39.9 Å². The molecule has 0 aromatic heterocycles.